The van der Waals surface area contributed by atoms with Crippen LogP contribution in [0.5, 0.6) is 0 Å². The van der Waals surface area contributed by atoms with Crippen LogP contribution in [-0.4, -0.2) is 23.5 Å². The third-order valence-electron chi connectivity index (χ3n) is 2.69. The summed E-state index contributed by atoms with van der Waals surface area (Å²) in [5, 5.41) is 19.3. The van der Waals surface area contributed by atoms with Crippen molar-refractivity contribution in [2.24, 2.45) is 5.92 Å². The molecule has 0 atom stereocenters. The summed E-state index contributed by atoms with van der Waals surface area (Å²) in [4.78, 5) is 9.99. The fraction of sp³-hybridized carbons (Fsp3) is 0.333. The molecule has 0 spiro atoms. The molecule has 0 aliphatic rings. The molecule has 0 radical (unpaired) electrons. The molecule has 0 bridgehead atoms. The summed E-state index contributed by atoms with van der Waals surface area (Å²) in [6.45, 7) is 4.05. The maximum Gasteiger partial charge on any atom is 0.270 e. The molecular formula is C12H13BrN4O4S2. The van der Waals surface area contributed by atoms with Gasteiger partial charge in [-0.25, -0.2) is 8.42 Å². The third kappa shape index (κ3) is 4.45. The third-order valence-corrected chi connectivity index (χ3v) is 5.99. The zero-order valence-electron chi connectivity index (χ0n) is 12.2. The Kier molecular flexibility index (Phi) is 5.32. The van der Waals surface area contributed by atoms with Gasteiger partial charge in [0.05, 0.1) is 4.92 Å². The molecule has 0 aliphatic carbocycles. The van der Waals surface area contributed by atoms with Crippen molar-refractivity contribution in [3.8, 4) is 0 Å². The van der Waals surface area contributed by atoms with E-state index in [1.54, 1.807) is 0 Å². The second kappa shape index (κ2) is 6.89. The van der Waals surface area contributed by atoms with Crippen LogP contribution in [-0.2, 0) is 16.4 Å². The van der Waals surface area contributed by atoms with E-state index in [4.69, 9.17) is 0 Å². The van der Waals surface area contributed by atoms with Crippen molar-refractivity contribution in [3.63, 3.8) is 0 Å². The van der Waals surface area contributed by atoms with Gasteiger partial charge in [-0.2, -0.15) is 0 Å². The number of hydrogen-bond donors (Lipinski definition) is 1. The van der Waals surface area contributed by atoms with Gasteiger partial charge >= 0.3 is 0 Å². The molecule has 0 unspecified atom stereocenters. The van der Waals surface area contributed by atoms with Crippen LogP contribution in [0.1, 0.15) is 18.9 Å². The largest absolute Gasteiger partial charge is 0.270 e. The first-order valence-electron chi connectivity index (χ1n) is 6.48. The van der Waals surface area contributed by atoms with E-state index in [1.807, 2.05) is 13.8 Å². The van der Waals surface area contributed by atoms with E-state index in [-0.39, 0.29) is 20.2 Å². The van der Waals surface area contributed by atoms with Crippen molar-refractivity contribution in [2.45, 2.75) is 25.2 Å². The highest BCUT2D eigenvalue weighted by Crippen LogP contribution is 2.29. The maximum absolute atomic E-state index is 12.4. The number of hydrogen-bond acceptors (Lipinski definition) is 7. The number of nitro groups is 1. The molecule has 2 rings (SSSR count). The van der Waals surface area contributed by atoms with Crippen molar-refractivity contribution >= 4 is 48.1 Å². The van der Waals surface area contributed by atoms with Gasteiger partial charge in [-0.15, -0.1) is 10.2 Å². The first-order chi connectivity index (χ1) is 10.7. The number of anilines is 1. The molecule has 0 amide bonds. The standard InChI is InChI=1S/C12H13BrN4O4S2/c1-7(2)5-11-14-15-12(22-11)16-23(20,21)10-4-3-8(17(18)19)6-9(10)13/h3-4,6-7H,5H2,1-2H3,(H,15,16). The normalized spacial score (nSPS) is 11.7. The Bertz CT molecular complexity index is 835. The molecule has 0 fully saturated rings. The smallest absolute Gasteiger partial charge is 0.258 e. The van der Waals surface area contributed by atoms with Gasteiger partial charge in [-0.1, -0.05) is 25.2 Å². The first kappa shape index (κ1) is 17.8. The van der Waals surface area contributed by atoms with E-state index >= 15 is 0 Å². The van der Waals surface area contributed by atoms with E-state index in [1.165, 1.54) is 6.07 Å². The van der Waals surface area contributed by atoms with E-state index in [2.05, 4.69) is 30.8 Å². The number of benzene rings is 1. The lowest BCUT2D eigenvalue weighted by Gasteiger charge is -2.06. The predicted octanol–water partition coefficient (Wildman–Crippen LogP) is 3.21. The Morgan fingerprint density at radius 2 is 2.09 bits per heavy atom. The van der Waals surface area contributed by atoms with E-state index in [9.17, 15) is 18.5 Å². The number of nitro benzene ring substituents is 1. The molecule has 124 valence electrons. The topological polar surface area (TPSA) is 115 Å². The Labute approximate surface area is 145 Å². The number of rotatable bonds is 6. The molecule has 1 heterocycles. The van der Waals surface area contributed by atoms with Crippen LogP contribution in [0.3, 0.4) is 0 Å². The van der Waals surface area contributed by atoms with Crippen LogP contribution >= 0.6 is 27.3 Å². The lowest BCUT2D eigenvalue weighted by atomic mass is 10.1. The van der Waals surface area contributed by atoms with Crippen molar-refractivity contribution in [3.05, 3.63) is 37.8 Å². The summed E-state index contributed by atoms with van der Waals surface area (Å²) in [6.07, 6.45) is 0.709. The second-order valence-electron chi connectivity index (χ2n) is 5.08. The van der Waals surface area contributed by atoms with Gasteiger partial charge in [0, 0.05) is 23.0 Å². The number of aromatic nitrogens is 2. The monoisotopic (exact) mass is 420 g/mol. The molecule has 8 nitrogen and oxygen atoms in total. The average molecular weight is 421 g/mol. The fourth-order valence-electron chi connectivity index (χ4n) is 1.72. The Hall–Kier alpha value is -1.59. The summed E-state index contributed by atoms with van der Waals surface area (Å²) < 4.78 is 27.2. The number of halogens is 1. The molecule has 0 aliphatic heterocycles. The molecule has 0 saturated heterocycles. The quantitative estimate of drug-likeness (QED) is 0.566. The predicted molar refractivity (Wildman–Crippen MR) is 90.1 cm³/mol. The highest BCUT2D eigenvalue weighted by molar-refractivity contribution is 9.10. The van der Waals surface area contributed by atoms with Gasteiger partial charge in [0.15, 0.2) is 0 Å². The second-order valence-corrected chi connectivity index (χ2v) is 8.64. The van der Waals surface area contributed by atoms with Gasteiger partial charge in [-0.05, 0) is 27.9 Å². The summed E-state index contributed by atoms with van der Waals surface area (Å²) in [7, 11) is -3.91. The van der Waals surface area contributed by atoms with Crippen LogP contribution in [0.2, 0.25) is 0 Å². The minimum absolute atomic E-state index is 0.103. The van der Waals surface area contributed by atoms with E-state index in [0.29, 0.717) is 12.3 Å². The Balaban J connectivity index is 2.25. The zero-order valence-corrected chi connectivity index (χ0v) is 15.4. The molecule has 1 N–H and O–H groups in total. The number of nitrogens with one attached hydrogen (secondary N) is 1. The minimum Gasteiger partial charge on any atom is -0.258 e. The Morgan fingerprint density at radius 3 is 2.65 bits per heavy atom. The highest BCUT2D eigenvalue weighted by atomic mass is 79.9. The molecule has 2 aromatic rings. The fourth-order valence-corrected chi connectivity index (χ4v) is 4.97. The highest BCUT2D eigenvalue weighted by Gasteiger charge is 2.22. The van der Waals surface area contributed by atoms with Crippen LogP contribution in [0, 0.1) is 16.0 Å². The average Bonchev–Trinajstić information content (AvgIpc) is 2.83. The summed E-state index contributed by atoms with van der Waals surface area (Å²) in [5.41, 5.74) is -0.203. The minimum atomic E-state index is -3.91. The van der Waals surface area contributed by atoms with Crippen molar-refractivity contribution in [1.29, 1.82) is 0 Å². The molecule has 1 aromatic carbocycles. The molecule has 23 heavy (non-hydrogen) atoms. The van der Waals surface area contributed by atoms with Crippen LogP contribution < -0.4 is 4.72 Å². The van der Waals surface area contributed by atoms with Crippen LogP contribution in [0.4, 0.5) is 10.8 Å². The summed E-state index contributed by atoms with van der Waals surface area (Å²) in [6, 6.07) is 3.43. The van der Waals surface area contributed by atoms with Crippen molar-refractivity contribution in [1.82, 2.24) is 10.2 Å². The number of sulfonamides is 1. The SMILES string of the molecule is CC(C)Cc1nnc(NS(=O)(=O)c2ccc([N+](=O)[O-])cc2Br)s1. The van der Waals surface area contributed by atoms with Gasteiger partial charge in [0.1, 0.15) is 9.90 Å². The lowest BCUT2D eigenvalue weighted by Crippen LogP contribution is -2.13. The van der Waals surface area contributed by atoms with Gasteiger partial charge < -0.3 is 0 Å². The molecular weight excluding hydrogens is 408 g/mol. The number of non-ortho nitro benzene ring substituents is 1. The van der Waals surface area contributed by atoms with Crippen molar-refractivity contribution in [2.75, 3.05) is 4.72 Å². The summed E-state index contributed by atoms with van der Waals surface area (Å²) >= 11 is 4.21. The summed E-state index contributed by atoms with van der Waals surface area (Å²) in [5.74, 6) is 0.385. The molecule has 11 heteroatoms. The number of nitrogens with zero attached hydrogens (tertiary/aromatic N) is 3. The van der Waals surface area contributed by atoms with Gasteiger partial charge in [-0.3, -0.25) is 14.8 Å². The lowest BCUT2D eigenvalue weighted by molar-refractivity contribution is -0.385. The Morgan fingerprint density at radius 1 is 1.39 bits per heavy atom. The molecule has 0 saturated carbocycles. The van der Waals surface area contributed by atoms with E-state index in [0.717, 1.165) is 28.5 Å². The van der Waals surface area contributed by atoms with Gasteiger partial charge in [0.2, 0.25) is 5.13 Å². The zero-order chi connectivity index (χ0) is 17.2. The van der Waals surface area contributed by atoms with Crippen LogP contribution in [0.15, 0.2) is 27.6 Å². The van der Waals surface area contributed by atoms with Gasteiger partial charge in [0.25, 0.3) is 15.7 Å². The van der Waals surface area contributed by atoms with Crippen molar-refractivity contribution < 1.29 is 13.3 Å². The first-order valence-corrected chi connectivity index (χ1v) is 9.57. The molecule has 1 aromatic heterocycles. The maximum atomic E-state index is 12.4. The van der Waals surface area contributed by atoms with E-state index < -0.39 is 14.9 Å². The van der Waals surface area contributed by atoms with Crippen LogP contribution in [0.25, 0.3) is 0 Å².